The number of likely N-dealkylation sites (tertiary alicyclic amines) is 1. The van der Waals surface area contributed by atoms with Crippen LogP contribution in [0.5, 0.6) is 0 Å². The number of hydrogen-bond donors (Lipinski definition) is 1. The summed E-state index contributed by atoms with van der Waals surface area (Å²) in [7, 11) is 0. The smallest absolute Gasteiger partial charge is 0.255 e. The number of piperidine rings is 1. The first-order valence-corrected chi connectivity index (χ1v) is 9.15. The lowest BCUT2D eigenvalue weighted by molar-refractivity contribution is -0.122. The summed E-state index contributed by atoms with van der Waals surface area (Å²) in [5.74, 6) is 1.08. The number of hydrogen-bond acceptors (Lipinski definition) is 2. The van der Waals surface area contributed by atoms with Gasteiger partial charge < -0.3 is 10.2 Å². The Bertz CT molecular complexity index is 566. The van der Waals surface area contributed by atoms with Gasteiger partial charge in [0.15, 0.2) is 0 Å². The van der Waals surface area contributed by atoms with Gasteiger partial charge in [-0.2, -0.15) is 0 Å². The molecule has 0 spiro atoms. The van der Waals surface area contributed by atoms with Crippen molar-refractivity contribution in [2.75, 3.05) is 19.6 Å². The van der Waals surface area contributed by atoms with E-state index in [9.17, 15) is 9.59 Å². The maximum atomic E-state index is 12.5. The van der Waals surface area contributed by atoms with Crippen LogP contribution >= 0.6 is 11.6 Å². The predicted molar refractivity (Wildman–Crippen MR) is 97.2 cm³/mol. The topological polar surface area (TPSA) is 49.4 Å². The first-order chi connectivity index (χ1) is 11.5. The number of nitrogens with one attached hydrogen (secondary N) is 1. The molecular weight excluding hydrogens is 324 g/mol. The first-order valence-electron chi connectivity index (χ1n) is 8.78. The van der Waals surface area contributed by atoms with Crippen LogP contribution < -0.4 is 5.32 Å². The van der Waals surface area contributed by atoms with Crippen molar-refractivity contribution in [1.29, 1.82) is 0 Å². The maximum Gasteiger partial charge on any atom is 0.255 e. The van der Waals surface area contributed by atoms with E-state index in [0.717, 1.165) is 25.8 Å². The van der Waals surface area contributed by atoms with Gasteiger partial charge in [0.2, 0.25) is 5.91 Å². The number of carbonyl (C=O) groups excluding carboxylic acids is 2. The molecule has 1 aliphatic rings. The van der Waals surface area contributed by atoms with Crippen LogP contribution in [0.2, 0.25) is 5.02 Å². The van der Waals surface area contributed by atoms with Crippen molar-refractivity contribution < 1.29 is 9.59 Å². The number of amides is 2. The lowest BCUT2D eigenvalue weighted by atomic mass is 9.92. The molecule has 132 valence electrons. The summed E-state index contributed by atoms with van der Waals surface area (Å²) >= 11 is 6.11. The molecule has 1 saturated heterocycles. The zero-order valence-corrected chi connectivity index (χ0v) is 15.3. The average Bonchev–Trinajstić information content (AvgIpc) is 2.55. The van der Waals surface area contributed by atoms with Gasteiger partial charge >= 0.3 is 0 Å². The quantitative estimate of drug-likeness (QED) is 0.849. The number of carbonyl (C=O) groups is 2. The molecule has 0 aliphatic carbocycles. The molecule has 2 rings (SSSR count). The third-order valence-electron chi connectivity index (χ3n) is 4.52. The predicted octanol–water partition coefficient (Wildman–Crippen LogP) is 3.74. The van der Waals surface area contributed by atoms with Gasteiger partial charge in [-0.25, -0.2) is 0 Å². The molecule has 5 heteroatoms. The second-order valence-electron chi connectivity index (χ2n) is 6.95. The maximum absolute atomic E-state index is 12.5. The summed E-state index contributed by atoms with van der Waals surface area (Å²) in [4.78, 5) is 26.3. The number of halogens is 1. The molecule has 0 saturated carbocycles. The summed E-state index contributed by atoms with van der Waals surface area (Å²) < 4.78 is 0. The van der Waals surface area contributed by atoms with E-state index in [1.54, 1.807) is 12.1 Å². The summed E-state index contributed by atoms with van der Waals surface area (Å²) in [5.41, 5.74) is 0.559. The molecule has 0 radical (unpaired) electrons. The number of nitrogens with zero attached hydrogens (tertiary/aromatic N) is 1. The van der Waals surface area contributed by atoms with Crippen LogP contribution in [-0.4, -0.2) is 36.3 Å². The molecule has 1 aromatic rings. The largest absolute Gasteiger partial charge is 0.356 e. The summed E-state index contributed by atoms with van der Waals surface area (Å²) in [6.45, 7) is 6.43. The first kappa shape index (κ1) is 18.8. The Kier molecular flexibility index (Phi) is 7.10. The van der Waals surface area contributed by atoms with Gasteiger partial charge in [-0.1, -0.05) is 37.6 Å². The normalized spacial score (nSPS) is 15.6. The van der Waals surface area contributed by atoms with Crippen molar-refractivity contribution in [3.63, 3.8) is 0 Å². The van der Waals surface area contributed by atoms with Gasteiger partial charge in [0.1, 0.15) is 0 Å². The Morgan fingerprint density at radius 3 is 2.54 bits per heavy atom. The Balaban J connectivity index is 1.76. The van der Waals surface area contributed by atoms with Crippen molar-refractivity contribution in [1.82, 2.24) is 10.2 Å². The van der Waals surface area contributed by atoms with Crippen molar-refractivity contribution in [3.8, 4) is 0 Å². The van der Waals surface area contributed by atoms with Crippen LogP contribution in [0, 0.1) is 11.8 Å². The lowest BCUT2D eigenvalue weighted by Crippen LogP contribution is -2.39. The molecule has 1 fully saturated rings. The third kappa shape index (κ3) is 5.52. The zero-order chi connectivity index (χ0) is 17.5. The van der Waals surface area contributed by atoms with E-state index in [0.29, 0.717) is 41.9 Å². The summed E-state index contributed by atoms with van der Waals surface area (Å²) in [6, 6.07) is 7.15. The van der Waals surface area contributed by atoms with Gasteiger partial charge in [0.05, 0.1) is 10.6 Å². The van der Waals surface area contributed by atoms with Crippen LogP contribution in [0.3, 0.4) is 0 Å². The Hall–Kier alpha value is -1.55. The number of benzene rings is 1. The average molecular weight is 351 g/mol. The minimum Gasteiger partial charge on any atom is -0.356 e. The van der Waals surface area contributed by atoms with Crippen LogP contribution in [-0.2, 0) is 4.79 Å². The summed E-state index contributed by atoms with van der Waals surface area (Å²) in [5, 5.41) is 3.49. The van der Waals surface area contributed by atoms with E-state index in [-0.39, 0.29) is 11.8 Å². The monoisotopic (exact) mass is 350 g/mol. The number of rotatable bonds is 6. The van der Waals surface area contributed by atoms with E-state index >= 15 is 0 Å². The molecule has 24 heavy (non-hydrogen) atoms. The molecule has 4 nitrogen and oxygen atoms in total. The summed E-state index contributed by atoms with van der Waals surface area (Å²) in [6.07, 6.45) is 3.31. The molecule has 1 aliphatic heterocycles. The molecular formula is C19H27ClN2O2. The van der Waals surface area contributed by atoms with E-state index in [1.807, 2.05) is 17.0 Å². The third-order valence-corrected chi connectivity index (χ3v) is 4.85. The van der Waals surface area contributed by atoms with Crippen LogP contribution in [0.25, 0.3) is 0 Å². The van der Waals surface area contributed by atoms with E-state index < -0.39 is 0 Å². The molecule has 0 atom stereocenters. The van der Waals surface area contributed by atoms with Gasteiger partial charge in [-0.3, -0.25) is 9.59 Å². The second kappa shape index (κ2) is 9.07. The molecule has 0 unspecified atom stereocenters. The Labute approximate surface area is 149 Å². The van der Waals surface area contributed by atoms with E-state index in [4.69, 9.17) is 11.6 Å². The van der Waals surface area contributed by atoms with Crippen LogP contribution in [0.1, 0.15) is 49.9 Å². The minimum atomic E-state index is -0.0135. The highest BCUT2D eigenvalue weighted by atomic mass is 35.5. The van der Waals surface area contributed by atoms with Gasteiger partial charge in [0, 0.05) is 26.1 Å². The lowest BCUT2D eigenvalue weighted by Gasteiger charge is -2.32. The zero-order valence-electron chi connectivity index (χ0n) is 14.6. The van der Waals surface area contributed by atoms with Crippen LogP contribution in [0.4, 0.5) is 0 Å². The minimum absolute atomic E-state index is 0.0135. The second-order valence-corrected chi connectivity index (χ2v) is 7.36. The van der Waals surface area contributed by atoms with E-state index in [1.165, 1.54) is 0 Å². The van der Waals surface area contributed by atoms with Crippen LogP contribution in [0.15, 0.2) is 24.3 Å². The molecule has 2 amide bonds. The fourth-order valence-electron chi connectivity index (χ4n) is 2.98. The fraction of sp³-hybridized carbons (Fsp3) is 0.579. The van der Waals surface area contributed by atoms with E-state index in [2.05, 4.69) is 19.2 Å². The van der Waals surface area contributed by atoms with Gasteiger partial charge in [-0.15, -0.1) is 0 Å². The fourth-order valence-corrected chi connectivity index (χ4v) is 3.20. The molecule has 0 aromatic heterocycles. The molecule has 1 N–H and O–H groups in total. The Morgan fingerprint density at radius 1 is 1.25 bits per heavy atom. The van der Waals surface area contributed by atoms with Gasteiger partial charge in [0.25, 0.3) is 5.91 Å². The highest BCUT2D eigenvalue weighted by Crippen LogP contribution is 2.24. The molecule has 1 aromatic carbocycles. The Morgan fingerprint density at radius 2 is 1.92 bits per heavy atom. The molecule has 1 heterocycles. The SMILES string of the molecule is CC(C)CCNC(=O)CC1CCN(C(=O)c2ccccc2Cl)CC1. The molecule has 0 bridgehead atoms. The van der Waals surface area contributed by atoms with Crippen molar-refractivity contribution >= 4 is 23.4 Å². The van der Waals surface area contributed by atoms with Crippen molar-refractivity contribution in [2.45, 2.75) is 39.5 Å². The van der Waals surface area contributed by atoms with Crippen molar-refractivity contribution in [2.24, 2.45) is 11.8 Å². The highest BCUT2D eigenvalue weighted by Gasteiger charge is 2.25. The van der Waals surface area contributed by atoms with Crippen molar-refractivity contribution in [3.05, 3.63) is 34.9 Å². The standard InChI is InChI=1S/C19H27ClN2O2/c1-14(2)7-10-21-18(23)13-15-8-11-22(12-9-15)19(24)16-5-3-4-6-17(16)20/h3-6,14-15H,7-13H2,1-2H3,(H,21,23). The van der Waals surface area contributed by atoms with Gasteiger partial charge in [-0.05, 0) is 43.2 Å². The highest BCUT2D eigenvalue weighted by molar-refractivity contribution is 6.33.